The van der Waals surface area contributed by atoms with E-state index < -0.39 is 68.7 Å². The molecule has 46 heavy (non-hydrogen) atoms. The number of nitrogens with one attached hydrogen (secondary N) is 3. The molecule has 0 spiro atoms. The fraction of sp³-hybridized carbons (Fsp3) is 0.600. The summed E-state index contributed by atoms with van der Waals surface area (Å²) in [5.41, 5.74) is -0.0179. The average molecular weight is 717 g/mol. The fourth-order valence-electron chi connectivity index (χ4n) is 6.58. The maximum absolute atomic E-state index is 14.0. The topological polar surface area (TPSA) is 154 Å². The number of nitrogens with zero attached hydrogens (tertiary/aromatic N) is 2. The van der Waals surface area contributed by atoms with Crippen LogP contribution in [0.25, 0.3) is 0 Å². The maximum atomic E-state index is 14.0. The molecule has 3 aliphatic heterocycles. The van der Waals surface area contributed by atoms with E-state index >= 15 is 0 Å². The normalized spacial score (nSPS) is 30.7. The number of sulfonamides is 1. The van der Waals surface area contributed by atoms with E-state index in [0.29, 0.717) is 35.7 Å². The SMILES string of the molecule is O=C1N[C@]2(C(=O)NS(=O)(=O)C3CC3)C[C@H]2/C=C\CCCCC[C@H](NCl)C(=O)N2C[C@H](OC(=O)N3Cc4c(Cl)ccc(Cl)c4C3)CC12. The Balaban J connectivity index is 1.22. The first-order valence-corrected chi connectivity index (χ1v) is 18.2. The minimum atomic E-state index is -3.86. The number of carbonyl (C=O) groups excluding carboxylic acids is 4. The Hall–Kier alpha value is -2.58. The van der Waals surface area contributed by atoms with E-state index in [9.17, 15) is 27.6 Å². The lowest BCUT2D eigenvalue weighted by Crippen LogP contribution is -2.57. The van der Waals surface area contributed by atoms with Crippen LogP contribution in [0.1, 0.15) is 68.9 Å². The monoisotopic (exact) mass is 715 g/mol. The van der Waals surface area contributed by atoms with Gasteiger partial charge in [0.15, 0.2) is 0 Å². The molecule has 3 heterocycles. The van der Waals surface area contributed by atoms with Gasteiger partial charge in [0.05, 0.1) is 24.9 Å². The summed E-state index contributed by atoms with van der Waals surface area (Å²) in [6, 6.07) is 1.44. The summed E-state index contributed by atoms with van der Waals surface area (Å²) in [4.78, 5) is 59.8. The maximum Gasteiger partial charge on any atom is 0.410 e. The van der Waals surface area contributed by atoms with Gasteiger partial charge < -0.3 is 15.0 Å². The van der Waals surface area contributed by atoms with Crippen molar-refractivity contribution in [3.8, 4) is 0 Å². The molecule has 12 nitrogen and oxygen atoms in total. The van der Waals surface area contributed by atoms with Crippen LogP contribution in [-0.2, 0) is 42.2 Å². The van der Waals surface area contributed by atoms with Crippen LogP contribution in [0.3, 0.4) is 0 Å². The molecular formula is C30H36Cl3N5O7S. The molecule has 2 saturated carbocycles. The third kappa shape index (κ3) is 6.71. The first-order chi connectivity index (χ1) is 21.9. The average Bonchev–Trinajstić information content (AvgIpc) is 3.90. The van der Waals surface area contributed by atoms with Gasteiger partial charge in [-0.15, -0.1) is 0 Å². The fourth-order valence-corrected chi connectivity index (χ4v) is 8.62. The first-order valence-electron chi connectivity index (χ1n) is 15.6. The molecule has 2 aliphatic carbocycles. The Labute approximate surface area is 282 Å². The summed E-state index contributed by atoms with van der Waals surface area (Å²) in [6.45, 7) is 0.321. The number of rotatable bonds is 5. The van der Waals surface area contributed by atoms with E-state index in [1.807, 2.05) is 12.2 Å². The van der Waals surface area contributed by atoms with Gasteiger partial charge in [0.1, 0.15) is 23.7 Å². The number of ether oxygens (including phenoxy) is 1. The molecule has 0 radical (unpaired) electrons. The van der Waals surface area contributed by atoms with Crippen molar-refractivity contribution in [3.05, 3.63) is 45.5 Å². The molecule has 4 amide bonds. The van der Waals surface area contributed by atoms with E-state index in [1.165, 1.54) is 9.80 Å². The lowest BCUT2D eigenvalue weighted by Gasteiger charge is -2.29. The second kappa shape index (κ2) is 13.1. The van der Waals surface area contributed by atoms with E-state index in [2.05, 4.69) is 14.9 Å². The van der Waals surface area contributed by atoms with Gasteiger partial charge in [-0.05, 0) is 73.6 Å². The van der Waals surface area contributed by atoms with Gasteiger partial charge in [-0.1, -0.05) is 48.2 Å². The number of amides is 4. The third-order valence-corrected chi connectivity index (χ3v) is 12.3. The van der Waals surface area contributed by atoms with Crippen LogP contribution < -0.4 is 14.9 Å². The van der Waals surface area contributed by atoms with Crippen LogP contribution >= 0.6 is 35.0 Å². The lowest BCUT2D eigenvalue weighted by atomic mass is 10.1. The summed E-state index contributed by atoms with van der Waals surface area (Å²) in [5, 5.41) is 3.16. The Kier molecular flexibility index (Phi) is 9.52. The molecule has 5 aliphatic rings. The molecule has 6 rings (SSSR count). The molecule has 3 N–H and O–H groups in total. The minimum absolute atomic E-state index is 0.0286. The van der Waals surface area contributed by atoms with Gasteiger partial charge in [0, 0.05) is 22.4 Å². The van der Waals surface area contributed by atoms with Gasteiger partial charge in [-0.25, -0.2) is 18.0 Å². The number of allylic oxidation sites excluding steroid dienone is 1. The first kappa shape index (κ1) is 33.3. The zero-order valence-corrected chi connectivity index (χ0v) is 28.1. The van der Waals surface area contributed by atoms with Crippen molar-refractivity contribution >= 4 is 68.8 Å². The summed E-state index contributed by atoms with van der Waals surface area (Å²) in [5.74, 6) is -2.28. The van der Waals surface area contributed by atoms with E-state index in [1.54, 1.807) is 12.1 Å². The van der Waals surface area contributed by atoms with Crippen molar-refractivity contribution in [3.63, 3.8) is 0 Å². The molecule has 1 aromatic carbocycles. The molecule has 250 valence electrons. The highest BCUT2D eigenvalue weighted by Gasteiger charge is 2.62. The Morgan fingerprint density at radius 1 is 1.02 bits per heavy atom. The molecule has 1 aromatic rings. The molecule has 0 bridgehead atoms. The second-order valence-corrected chi connectivity index (χ2v) is 15.8. The van der Waals surface area contributed by atoms with Crippen molar-refractivity contribution in [1.82, 2.24) is 24.7 Å². The Morgan fingerprint density at radius 2 is 1.72 bits per heavy atom. The van der Waals surface area contributed by atoms with Gasteiger partial charge in [-0.2, -0.15) is 0 Å². The highest BCUT2D eigenvalue weighted by atomic mass is 35.5. The molecule has 1 unspecified atom stereocenters. The molecule has 1 saturated heterocycles. The van der Waals surface area contributed by atoms with Crippen molar-refractivity contribution in [1.29, 1.82) is 0 Å². The second-order valence-electron chi connectivity index (χ2n) is 12.8. The van der Waals surface area contributed by atoms with E-state index in [-0.39, 0.29) is 32.5 Å². The van der Waals surface area contributed by atoms with Crippen LogP contribution in [0.4, 0.5) is 4.79 Å². The number of hydrogen-bond donors (Lipinski definition) is 3. The number of carbonyl (C=O) groups is 4. The molecule has 16 heteroatoms. The number of halogens is 3. The highest BCUT2D eigenvalue weighted by molar-refractivity contribution is 7.91. The van der Waals surface area contributed by atoms with Gasteiger partial charge >= 0.3 is 6.09 Å². The largest absolute Gasteiger partial charge is 0.444 e. The summed E-state index contributed by atoms with van der Waals surface area (Å²) in [6.07, 6.45) is 6.99. The molecule has 3 fully saturated rings. The summed E-state index contributed by atoms with van der Waals surface area (Å²) >= 11 is 18.7. The lowest BCUT2D eigenvalue weighted by molar-refractivity contribution is -0.141. The summed E-state index contributed by atoms with van der Waals surface area (Å²) in [7, 11) is -3.86. The standard InChI is InChI=1S/C30H36Cl3N5O7S/c31-22-10-11-23(32)21-16-37(15-20(21)22)29(42)45-18-12-25-26(39)34-30(28(41)36-46(43,44)19-8-9-19)13-17(30)6-4-2-1-3-5-7-24(35-33)27(40)38(25)14-18/h4,6,10-11,17-19,24-25,35H,1-3,5,7-9,12-16H2,(H,34,39)(H,36,41)/b6-4-/t17-,18-,24+,25?,30-/m1/s1. The zero-order valence-electron chi connectivity index (χ0n) is 25.0. The number of hydrogen-bond acceptors (Lipinski definition) is 8. The van der Waals surface area contributed by atoms with Crippen molar-refractivity contribution in [2.24, 2.45) is 5.92 Å². The smallest absolute Gasteiger partial charge is 0.410 e. The van der Waals surface area contributed by atoms with Crippen LogP contribution in [0.5, 0.6) is 0 Å². The molecule has 5 atom stereocenters. The van der Waals surface area contributed by atoms with Crippen LogP contribution in [-0.4, -0.2) is 77.6 Å². The Bertz CT molecular complexity index is 1540. The van der Waals surface area contributed by atoms with E-state index in [4.69, 9.17) is 39.7 Å². The van der Waals surface area contributed by atoms with Crippen LogP contribution in [0.15, 0.2) is 24.3 Å². The number of benzene rings is 1. The van der Waals surface area contributed by atoms with Crippen LogP contribution in [0.2, 0.25) is 10.0 Å². The molecule has 0 aromatic heterocycles. The third-order valence-electron chi connectivity index (χ3n) is 9.52. The quantitative estimate of drug-likeness (QED) is 0.309. The predicted octanol–water partition coefficient (Wildman–Crippen LogP) is 3.53. The highest BCUT2D eigenvalue weighted by Crippen LogP contribution is 2.46. The van der Waals surface area contributed by atoms with E-state index in [0.717, 1.165) is 30.4 Å². The number of fused-ring (bicyclic) bond motifs is 3. The summed E-state index contributed by atoms with van der Waals surface area (Å²) < 4.78 is 33.3. The Morgan fingerprint density at radius 3 is 2.37 bits per heavy atom. The minimum Gasteiger partial charge on any atom is -0.444 e. The van der Waals surface area contributed by atoms with Gasteiger partial charge in [0.25, 0.3) is 5.91 Å². The van der Waals surface area contributed by atoms with Crippen LogP contribution in [0, 0.1) is 5.92 Å². The van der Waals surface area contributed by atoms with Crippen molar-refractivity contribution in [2.45, 2.75) is 99.9 Å². The van der Waals surface area contributed by atoms with Crippen molar-refractivity contribution in [2.75, 3.05) is 6.54 Å². The van der Waals surface area contributed by atoms with Crippen molar-refractivity contribution < 1.29 is 32.3 Å². The molecular weight excluding hydrogens is 681 g/mol. The zero-order chi connectivity index (χ0) is 32.8. The predicted molar refractivity (Wildman–Crippen MR) is 170 cm³/mol. The van der Waals surface area contributed by atoms with Gasteiger partial charge in [0.2, 0.25) is 21.8 Å². The van der Waals surface area contributed by atoms with Gasteiger partial charge in [-0.3, -0.25) is 24.0 Å².